The van der Waals surface area contributed by atoms with Crippen LogP contribution in [0.5, 0.6) is 0 Å². The molecule has 0 radical (unpaired) electrons. The fraction of sp³-hybridized carbons (Fsp3) is 0.538. The number of halogens is 1. The number of benzene rings is 1. The topological polar surface area (TPSA) is 38.0 Å². The molecule has 3 heteroatoms. The fourth-order valence-electron chi connectivity index (χ4n) is 2.62. The average Bonchev–Trinajstić information content (AvgIpc) is 2.61. The Hall–Kier alpha value is -0.540. The third kappa shape index (κ3) is 2.58. The van der Waals surface area contributed by atoms with Crippen molar-refractivity contribution < 1.29 is 0 Å². The zero-order chi connectivity index (χ0) is 11.6. The van der Waals surface area contributed by atoms with E-state index in [4.69, 9.17) is 5.73 Å². The van der Waals surface area contributed by atoms with E-state index < -0.39 is 0 Å². The molecule has 2 unspecified atom stereocenters. The highest BCUT2D eigenvalue weighted by Crippen LogP contribution is 2.36. The summed E-state index contributed by atoms with van der Waals surface area (Å²) in [4.78, 5) is 0. The predicted molar refractivity (Wildman–Crippen MR) is 72.6 cm³/mol. The maximum Gasteiger partial charge on any atom is 0.0498 e. The van der Waals surface area contributed by atoms with Crippen molar-refractivity contribution in [3.8, 4) is 0 Å². The van der Waals surface area contributed by atoms with Gasteiger partial charge in [-0.25, -0.2) is 0 Å². The highest BCUT2D eigenvalue weighted by Gasteiger charge is 2.35. The molecule has 0 aromatic heterocycles. The zero-order valence-electron chi connectivity index (χ0n) is 9.67. The van der Waals surface area contributed by atoms with Crippen molar-refractivity contribution >= 4 is 21.6 Å². The SMILES string of the molecule is CC1CCC(CN)(Nc2cccc(Br)c2)C1. The summed E-state index contributed by atoms with van der Waals surface area (Å²) in [6.07, 6.45) is 3.63. The number of anilines is 1. The van der Waals surface area contributed by atoms with Crippen LogP contribution in [0.1, 0.15) is 26.2 Å². The van der Waals surface area contributed by atoms with Gasteiger partial charge in [-0.1, -0.05) is 28.9 Å². The van der Waals surface area contributed by atoms with Gasteiger partial charge in [0.15, 0.2) is 0 Å². The molecule has 1 aliphatic rings. The van der Waals surface area contributed by atoms with Gasteiger partial charge in [-0.05, 0) is 43.4 Å². The molecule has 0 bridgehead atoms. The Morgan fingerprint density at radius 1 is 1.56 bits per heavy atom. The third-order valence-corrected chi connectivity index (χ3v) is 3.97. The molecule has 1 aromatic carbocycles. The molecule has 3 N–H and O–H groups in total. The van der Waals surface area contributed by atoms with Crippen molar-refractivity contribution in [3.05, 3.63) is 28.7 Å². The highest BCUT2D eigenvalue weighted by atomic mass is 79.9. The average molecular weight is 283 g/mol. The molecule has 0 aliphatic heterocycles. The van der Waals surface area contributed by atoms with Gasteiger partial charge >= 0.3 is 0 Å². The van der Waals surface area contributed by atoms with Crippen LogP contribution in [0.3, 0.4) is 0 Å². The zero-order valence-corrected chi connectivity index (χ0v) is 11.3. The summed E-state index contributed by atoms with van der Waals surface area (Å²) < 4.78 is 1.11. The third-order valence-electron chi connectivity index (χ3n) is 3.48. The number of hydrogen-bond donors (Lipinski definition) is 2. The van der Waals surface area contributed by atoms with Crippen LogP contribution in [-0.4, -0.2) is 12.1 Å². The molecular formula is C13H19BrN2. The van der Waals surface area contributed by atoms with Gasteiger partial charge in [0.05, 0.1) is 0 Å². The Labute approximate surface area is 106 Å². The second-order valence-corrected chi connectivity index (χ2v) is 5.88. The summed E-state index contributed by atoms with van der Waals surface area (Å²) in [5.41, 5.74) is 7.22. The summed E-state index contributed by atoms with van der Waals surface area (Å²) in [6, 6.07) is 8.30. The number of rotatable bonds is 3. The van der Waals surface area contributed by atoms with E-state index in [-0.39, 0.29) is 5.54 Å². The van der Waals surface area contributed by atoms with Crippen LogP contribution in [0, 0.1) is 5.92 Å². The van der Waals surface area contributed by atoms with Gasteiger partial charge in [0.2, 0.25) is 0 Å². The molecule has 0 saturated heterocycles. The van der Waals surface area contributed by atoms with Gasteiger partial charge in [-0.15, -0.1) is 0 Å². The number of nitrogens with two attached hydrogens (primary N) is 1. The van der Waals surface area contributed by atoms with E-state index in [0.717, 1.165) is 16.1 Å². The second-order valence-electron chi connectivity index (χ2n) is 4.97. The molecule has 0 heterocycles. The van der Waals surface area contributed by atoms with Crippen LogP contribution in [0.25, 0.3) is 0 Å². The highest BCUT2D eigenvalue weighted by molar-refractivity contribution is 9.10. The van der Waals surface area contributed by atoms with Crippen LogP contribution in [-0.2, 0) is 0 Å². The standard InChI is InChI=1S/C13H19BrN2/c1-10-5-6-13(8-10,9-15)16-12-4-2-3-11(14)7-12/h2-4,7,10,16H,5-6,8-9,15H2,1H3. The van der Waals surface area contributed by atoms with Gasteiger partial charge in [0.25, 0.3) is 0 Å². The van der Waals surface area contributed by atoms with Crippen LogP contribution in [0.2, 0.25) is 0 Å². The van der Waals surface area contributed by atoms with Crippen LogP contribution in [0.15, 0.2) is 28.7 Å². The second kappa shape index (κ2) is 4.76. The van der Waals surface area contributed by atoms with Crippen molar-refractivity contribution in [2.75, 3.05) is 11.9 Å². The molecule has 2 atom stereocenters. The summed E-state index contributed by atoms with van der Waals surface area (Å²) in [6.45, 7) is 3.02. The lowest BCUT2D eigenvalue weighted by Gasteiger charge is -2.30. The minimum absolute atomic E-state index is 0.111. The first-order valence-corrected chi connectivity index (χ1v) is 6.67. The van der Waals surface area contributed by atoms with E-state index in [1.54, 1.807) is 0 Å². The van der Waals surface area contributed by atoms with Crippen molar-refractivity contribution in [3.63, 3.8) is 0 Å². The fourth-order valence-corrected chi connectivity index (χ4v) is 3.02. The summed E-state index contributed by atoms with van der Waals surface area (Å²) >= 11 is 3.49. The molecule has 1 aromatic rings. The van der Waals surface area contributed by atoms with Crippen LogP contribution >= 0.6 is 15.9 Å². The molecule has 16 heavy (non-hydrogen) atoms. The molecule has 0 spiro atoms. The number of hydrogen-bond acceptors (Lipinski definition) is 2. The van der Waals surface area contributed by atoms with Gasteiger partial charge < -0.3 is 11.1 Å². The van der Waals surface area contributed by atoms with Gasteiger partial charge in [-0.3, -0.25) is 0 Å². The van der Waals surface area contributed by atoms with Crippen LogP contribution < -0.4 is 11.1 Å². The molecule has 2 nitrogen and oxygen atoms in total. The van der Waals surface area contributed by atoms with Gasteiger partial charge in [0, 0.05) is 22.2 Å². The van der Waals surface area contributed by atoms with Crippen molar-refractivity contribution in [1.29, 1.82) is 0 Å². The monoisotopic (exact) mass is 282 g/mol. The Kier molecular flexibility index (Phi) is 3.55. The molecule has 1 aliphatic carbocycles. The van der Waals surface area contributed by atoms with Gasteiger partial charge in [0.1, 0.15) is 0 Å². The normalized spacial score (nSPS) is 29.3. The first-order chi connectivity index (χ1) is 7.63. The molecule has 88 valence electrons. The van der Waals surface area contributed by atoms with E-state index in [2.05, 4.69) is 46.4 Å². The predicted octanol–water partition coefficient (Wildman–Crippen LogP) is 3.38. The van der Waals surface area contributed by atoms with E-state index in [1.165, 1.54) is 19.3 Å². The van der Waals surface area contributed by atoms with Crippen molar-refractivity contribution in [2.24, 2.45) is 11.7 Å². The molecular weight excluding hydrogens is 264 g/mol. The smallest absolute Gasteiger partial charge is 0.0498 e. The maximum absolute atomic E-state index is 5.94. The van der Waals surface area contributed by atoms with Crippen molar-refractivity contribution in [2.45, 2.75) is 31.7 Å². The largest absolute Gasteiger partial charge is 0.378 e. The Bertz CT molecular complexity index is 367. The lowest BCUT2D eigenvalue weighted by Crippen LogP contribution is -2.43. The van der Waals surface area contributed by atoms with E-state index >= 15 is 0 Å². The number of nitrogens with one attached hydrogen (secondary N) is 1. The van der Waals surface area contributed by atoms with E-state index in [9.17, 15) is 0 Å². The lowest BCUT2D eigenvalue weighted by atomic mass is 9.96. The first-order valence-electron chi connectivity index (χ1n) is 5.87. The summed E-state index contributed by atoms with van der Waals surface area (Å²) in [7, 11) is 0. The minimum atomic E-state index is 0.111. The van der Waals surface area contributed by atoms with Crippen molar-refractivity contribution in [1.82, 2.24) is 0 Å². The minimum Gasteiger partial charge on any atom is -0.378 e. The Morgan fingerprint density at radius 2 is 2.38 bits per heavy atom. The first kappa shape index (κ1) is 11.9. The van der Waals surface area contributed by atoms with Crippen LogP contribution in [0.4, 0.5) is 5.69 Å². The van der Waals surface area contributed by atoms with E-state index in [1.807, 2.05) is 6.07 Å². The molecule has 1 fully saturated rings. The quantitative estimate of drug-likeness (QED) is 0.892. The maximum atomic E-state index is 5.94. The Morgan fingerprint density at radius 3 is 2.94 bits per heavy atom. The molecule has 0 amide bonds. The summed E-state index contributed by atoms with van der Waals surface area (Å²) in [5, 5.41) is 3.62. The molecule has 1 saturated carbocycles. The van der Waals surface area contributed by atoms with E-state index in [0.29, 0.717) is 6.54 Å². The Balaban J connectivity index is 2.13. The van der Waals surface area contributed by atoms with Gasteiger partial charge in [-0.2, -0.15) is 0 Å². The summed E-state index contributed by atoms with van der Waals surface area (Å²) in [5.74, 6) is 0.781. The lowest BCUT2D eigenvalue weighted by molar-refractivity contribution is 0.470. The molecule has 2 rings (SSSR count).